The Bertz CT molecular complexity index is 1120. The molecular weight excluding hydrogens is 447 g/mol. The summed E-state index contributed by atoms with van der Waals surface area (Å²) in [5.74, 6) is -1.63. The molecule has 9 nitrogen and oxygen atoms in total. The lowest BCUT2D eigenvalue weighted by Gasteiger charge is -2.29. The number of amides is 2. The van der Waals surface area contributed by atoms with Crippen LogP contribution in [0.5, 0.6) is 0 Å². The van der Waals surface area contributed by atoms with E-state index in [-0.39, 0.29) is 31.2 Å². The van der Waals surface area contributed by atoms with Gasteiger partial charge >= 0.3 is 7.12 Å². The van der Waals surface area contributed by atoms with Crippen molar-refractivity contribution in [2.45, 2.75) is 44.7 Å². The number of oxime groups is 1. The van der Waals surface area contributed by atoms with Crippen molar-refractivity contribution < 1.29 is 24.5 Å². The van der Waals surface area contributed by atoms with Gasteiger partial charge in [-0.3, -0.25) is 9.59 Å². The van der Waals surface area contributed by atoms with Crippen molar-refractivity contribution in [3.05, 3.63) is 71.3 Å². The van der Waals surface area contributed by atoms with E-state index < -0.39 is 24.6 Å². The summed E-state index contributed by atoms with van der Waals surface area (Å²) in [6, 6.07) is 17.6. The minimum absolute atomic E-state index is 0.0531. The molecule has 0 spiro atoms. The molecule has 0 aliphatic carbocycles. The van der Waals surface area contributed by atoms with E-state index >= 15 is 0 Å². The number of rotatable bonds is 10. The van der Waals surface area contributed by atoms with E-state index in [4.69, 9.17) is 10.1 Å². The van der Waals surface area contributed by atoms with Crippen LogP contribution in [-0.2, 0) is 16.1 Å². The fourth-order valence-corrected chi connectivity index (χ4v) is 3.94. The summed E-state index contributed by atoms with van der Waals surface area (Å²) in [6.45, 7) is 3.89. The third-order valence-electron chi connectivity index (χ3n) is 5.69. The fraction of sp³-hybridized carbons (Fsp3) is 0.360. The van der Waals surface area contributed by atoms with Gasteiger partial charge in [-0.1, -0.05) is 55.4 Å². The largest absolute Gasteiger partial charge is 0.475 e. The van der Waals surface area contributed by atoms with Gasteiger partial charge in [-0.25, -0.2) is 0 Å². The Morgan fingerprint density at radius 3 is 2.60 bits per heavy atom. The molecule has 2 atom stereocenters. The van der Waals surface area contributed by atoms with E-state index in [2.05, 4.69) is 15.8 Å². The molecule has 3 rings (SSSR count). The predicted molar refractivity (Wildman–Crippen MR) is 131 cm³/mol. The molecular formula is C25H29BN4O5. The predicted octanol–water partition coefficient (Wildman–Crippen LogP) is 1.59. The van der Waals surface area contributed by atoms with Crippen LogP contribution in [0.15, 0.2) is 59.8 Å². The molecule has 182 valence electrons. The van der Waals surface area contributed by atoms with Crippen molar-refractivity contribution >= 4 is 24.6 Å². The molecule has 1 aliphatic heterocycles. The molecule has 35 heavy (non-hydrogen) atoms. The normalized spacial score (nSPS) is 17.7. The maximum Gasteiger partial charge on any atom is 0.475 e. The number of carbonyl (C=O) groups is 2. The van der Waals surface area contributed by atoms with Gasteiger partial charge in [-0.15, -0.1) is 0 Å². The van der Waals surface area contributed by atoms with Crippen LogP contribution in [0.3, 0.4) is 0 Å². The van der Waals surface area contributed by atoms with Gasteiger partial charge in [-0.2, -0.15) is 5.26 Å². The highest BCUT2D eigenvalue weighted by atomic mass is 16.7. The van der Waals surface area contributed by atoms with Crippen molar-refractivity contribution in [3.63, 3.8) is 0 Å². The minimum Gasteiger partial charge on any atom is -0.426 e. The maximum atomic E-state index is 13.4. The van der Waals surface area contributed by atoms with Gasteiger partial charge in [0, 0.05) is 18.4 Å². The van der Waals surface area contributed by atoms with Crippen molar-refractivity contribution in [1.29, 1.82) is 5.26 Å². The van der Waals surface area contributed by atoms with E-state index in [1.165, 1.54) is 6.07 Å². The zero-order chi connectivity index (χ0) is 25.4. The summed E-state index contributed by atoms with van der Waals surface area (Å²) in [6.07, 6.45) is 0.694. The van der Waals surface area contributed by atoms with Gasteiger partial charge in [0.2, 0.25) is 5.60 Å². The molecule has 2 amide bonds. The Hall–Kier alpha value is -3.68. The first-order valence-electron chi connectivity index (χ1n) is 11.5. The molecule has 2 unspecified atom stereocenters. The Kier molecular flexibility index (Phi) is 8.63. The van der Waals surface area contributed by atoms with Crippen LogP contribution in [0, 0.1) is 17.2 Å². The lowest BCUT2D eigenvalue weighted by atomic mass is 9.74. The molecule has 0 bridgehead atoms. The smallest absolute Gasteiger partial charge is 0.426 e. The minimum atomic E-state index is -1.72. The number of benzene rings is 2. The van der Waals surface area contributed by atoms with E-state index in [9.17, 15) is 19.6 Å². The molecule has 0 fully saturated rings. The molecule has 0 aromatic heterocycles. The molecule has 10 heteroatoms. The number of hydrogen-bond donors (Lipinski definition) is 4. The Morgan fingerprint density at radius 1 is 1.20 bits per heavy atom. The van der Waals surface area contributed by atoms with Crippen LogP contribution in [0.25, 0.3) is 0 Å². The molecule has 2 aromatic carbocycles. The second-order valence-electron chi connectivity index (χ2n) is 9.08. The monoisotopic (exact) mass is 476 g/mol. The Morgan fingerprint density at radius 2 is 1.94 bits per heavy atom. The van der Waals surface area contributed by atoms with Crippen molar-refractivity contribution in [2.75, 3.05) is 6.54 Å². The van der Waals surface area contributed by atoms with E-state index in [1.54, 1.807) is 18.2 Å². The van der Waals surface area contributed by atoms with Gasteiger partial charge in [0.25, 0.3) is 11.8 Å². The van der Waals surface area contributed by atoms with Crippen LogP contribution >= 0.6 is 0 Å². The first-order chi connectivity index (χ1) is 16.7. The van der Waals surface area contributed by atoms with Crippen LogP contribution in [0.2, 0.25) is 0 Å². The van der Waals surface area contributed by atoms with Gasteiger partial charge in [0.05, 0.1) is 29.8 Å². The van der Waals surface area contributed by atoms with E-state index in [0.29, 0.717) is 23.3 Å². The van der Waals surface area contributed by atoms with Crippen LogP contribution in [0.4, 0.5) is 0 Å². The Labute approximate surface area is 204 Å². The van der Waals surface area contributed by atoms with Crippen LogP contribution in [0.1, 0.15) is 48.2 Å². The van der Waals surface area contributed by atoms with Crippen molar-refractivity contribution in [2.24, 2.45) is 11.1 Å². The van der Waals surface area contributed by atoms with Crippen LogP contribution < -0.4 is 10.6 Å². The number of nitrogens with zero attached hydrogens (tertiary/aromatic N) is 2. The number of carbonyl (C=O) groups excluding carboxylic acids is 2. The van der Waals surface area contributed by atoms with Gasteiger partial charge in [0.15, 0.2) is 0 Å². The summed E-state index contributed by atoms with van der Waals surface area (Å²) in [4.78, 5) is 31.6. The Balaban J connectivity index is 1.73. The lowest BCUT2D eigenvalue weighted by Crippen LogP contribution is -2.56. The molecule has 0 saturated heterocycles. The first kappa shape index (κ1) is 25.9. The van der Waals surface area contributed by atoms with Gasteiger partial charge < -0.3 is 25.5 Å². The first-order valence-corrected chi connectivity index (χ1v) is 11.5. The zero-order valence-corrected chi connectivity index (χ0v) is 19.8. The molecule has 1 aliphatic rings. The molecule has 4 N–H and O–H groups in total. The van der Waals surface area contributed by atoms with Crippen molar-refractivity contribution in [3.8, 4) is 6.07 Å². The number of nitrogens with one attached hydrogen (secondary N) is 2. The third-order valence-corrected chi connectivity index (χ3v) is 5.69. The quantitative estimate of drug-likeness (QED) is 0.384. The van der Waals surface area contributed by atoms with Gasteiger partial charge in [-0.05, 0) is 36.1 Å². The highest BCUT2D eigenvalue weighted by Crippen LogP contribution is 2.29. The third kappa shape index (κ3) is 6.91. The molecule has 2 aromatic rings. The SMILES string of the molecule is CC(C)CC(NC(=O)C1(Cc2ccccc2)CC(CNC(=O)c2cccc(C#N)c2)=NO1)B(O)O. The highest BCUT2D eigenvalue weighted by molar-refractivity contribution is 6.43. The average molecular weight is 476 g/mol. The van der Waals surface area contributed by atoms with E-state index in [0.717, 1.165) is 5.56 Å². The molecule has 0 saturated carbocycles. The fourth-order valence-electron chi connectivity index (χ4n) is 3.94. The second-order valence-corrected chi connectivity index (χ2v) is 9.08. The number of nitriles is 1. The van der Waals surface area contributed by atoms with Crippen molar-refractivity contribution in [1.82, 2.24) is 10.6 Å². The standard InChI is InChI=1S/C25H29BN4O5/c1-17(2)11-22(26(33)34)29-24(32)25(13-18-7-4-3-5-8-18)14-21(30-35-25)16-28-23(31)20-10-6-9-19(12-20)15-27/h3-10,12,17,22,33-34H,11,13-14,16H2,1-2H3,(H,28,31)(H,29,32). The van der Waals surface area contributed by atoms with Gasteiger partial charge in [0.1, 0.15) is 0 Å². The van der Waals surface area contributed by atoms with E-state index in [1.807, 2.05) is 50.2 Å². The van der Waals surface area contributed by atoms with Crippen LogP contribution in [-0.4, -0.2) is 52.8 Å². The lowest BCUT2D eigenvalue weighted by molar-refractivity contribution is -0.144. The highest BCUT2D eigenvalue weighted by Gasteiger charge is 2.48. The summed E-state index contributed by atoms with van der Waals surface area (Å²) < 4.78 is 0. The molecule has 0 radical (unpaired) electrons. The summed E-state index contributed by atoms with van der Waals surface area (Å²) in [5, 5.41) is 38.1. The summed E-state index contributed by atoms with van der Waals surface area (Å²) >= 11 is 0. The topological polar surface area (TPSA) is 144 Å². The number of hydrogen-bond acceptors (Lipinski definition) is 7. The average Bonchev–Trinajstić information content (AvgIpc) is 3.26. The second kappa shape index (κ2) is 11.6. The maximum absolute atomic E-state index is 13.4. The summed E-state index contributed by atoms with van der Waals surface area (Å²) in [5.41, 5.74) is 0.629. The molecule has 1 heterocycles. The zero-order valence-electron chi connectivity index (χ0n) is 19.8. The summed E-state index contributed by atoms with van der Waals surface area (Å²) in [7, 11) is -1.72.